The van der Waals surface area contributed by atoms with Gasteiger partial charge in [-0.1, -0.05) is 47.7 Å². The van der Waals surface area contributed by atoms with Crippen molar-refractivity contribution in [2.75, 3.05) is 5.32 Å². The zero-order valence-electron chi connectivity index (χ0n) is 14.2. The maximum atomic E-state index is 13.3. The maximum Gasteiger partial charge on any atom is 0.257 e. The summed E-state index contributed by atoms with van der Waals surface area (Å²) in [5, 5.41) is 3.23. The summed E-state index contributed by atoms with van der Waals surface area (Å²) in [4.78, 5) is 17.0. The van der Waals surface area contributed by atoms with Crippen LogP contribution in [0.5, 0.6) is 5.75 Å². The average molecular weight is 378 g/mol. The number of nitrogens with zero attached hydrogens (tertiary/aromatic N) is 1. The lowest BCUT2D eigenvalue weighted by Gasteiger charge is -2.10. The summed E-state index contributed by atoms with van der Waals surface area (Å²) in [6.07, 6.45) is 0. The molecule has 27 heavy (non-hydrogen) atoms. The number of halogens is 1. The molecule has 6 heteroatoms. The standard InChI is InChI=1S/C21H15FN2O2S/c22-15-10-11-18-19(12-15)27-21(23-18)24-20(25)17-9-5-4-6-14(17)13-26-16-7-2-1-3-8-16/h1-12H,13H2,(H,23,24,25). The number of nitrogens with one attached hydrogen (secondary N) is 1. The molecule has 0 aliphatic heterocycles. The lowest BCUT2D eigenvalue weighted by Crippen LogP contribution is -2.15. The summed E-state index contributed by atoms with van der Waals surface area (Å²) in [5.74, 6) is 0.134. The first-order valence-corrected chi connectivity index (χ1v) is 9.14. The minimum Gasteiger partial charge on any atom is -0.489 e. The number of benzene rings is 3. The van der Waals surface area contributed by atoms with Gasteiger partial charge in [-0.25, -0.2) is 9.37 Å². The van der Waals surface area contributed by atoms with Crippen LogP contribution in [0.15, 0.2) is 72.8 Å². The molecule has 0 fully saturated rings. The Morgan fingerprint density at radius 2 is 1.81 bits per heavy atom. The van der Waals surface area contributed by atoms with Gasteiger partial charge in [-0.05, 0) is 36.4 Å². The van der Waals surface area contributed by atoms with E-state index >= 15 is 0 Å². The van der Waals surface area contributed by atoms with Crippen molar-refractivity contribution < 1.29 is 13.9 Å². The van der Waals surface area contributed by atoms with Crippen molar-refractivity contribution in [1.82, 2.24) is 4.98 Å². The third kappa shape index (κ3) is 3.96. The monoisotopic (exact) mass is 378 g/mol. The Bertz CT molecular complexity index is 1100. The average Bonchev–Trinajstić information content (AvgIpc) is 3.08. The third-order valence-electron chi connectivity index (χ3n) is 3.97. The Morgan fingerprint density at radius 3 is 2.67 bits per heavy atom. The smallest absolute Gasteiger partial charge is 0.257 e. The molecule has 1 amide bonds. The van der Waals surface area contributed by atoms with Crippen LogP contribution in [-0.4, -0.2) is 10.9 Å². The second kappa shape index (κ2) is 7.55. The number of carbonyl (C=O) groups is 1. The predicted molar refractivity (Wildman–Crippen MR) is 105 cm³/mol. The fraction of sp³-hybridized carbons (Fsp3) is 0.0476. The number of hydrogen-bond donors (Lipinski definition) is 1. The number of ether oxygens (including phenoxy) is 1. The van der Waals surface area contributed by atoms with Crippen molar-refractivity contribution in [1.29, 1.82) is 0 Å². The van der Waals surface area contributed by atoms with Crippen molar-refractivity contribution in [3.05, 3.63) is 89.7 Å². The van der Waals surface area contributed by atoms with Crippen LogP contribution in [0.1, 0.15) is 15.9 Å². The molecule has 1 heterocycles. The van der Waals surface area contributed by atoms with Gasteiger partial charge in [0.05, 0.1) is 10.2 Å². The van der Waals surface area contributed by atoms with Gasteiger partial charge < -0.3 is 4.74 Å². The number of para-hydroxylation sites is 1. The van der Waals surface area contributed by atoms with Crippen molar-refractivity contribution >= 4 is 32.6 Å². The summed E-state index contributed by atoms with van der Waals surface area (Å²) in [7, 11) is 0. The minimum atomic E-state index is -0.326. The first-order valence-electron chi connectivity index (χ1n) is 8.32. The van der Waals surface area contributed by atoms with E-state index in [2.05, 4.69) is 10.3 Å². The van der Waals surface area contributed by atoms with E-state index < -0.39 is 0 Å². The van der Waals surface area contributed by atoms with Crippen molar-refractivity contribution in [2.24, 2.45) is 0 Å². The van der Waals surface area contributed by atoms with E-state index in [0.717, 1.165) is 11.3 Å². The number of hydrogen-bond acceptors (Lipinski definition) is 4. The largest absolute Gasteiger partial charge is 0.489 e. The molecule has 0 aliphatic rings. The topological polar surface area (TPSA) is 51.2 Å². The molecule has 0 unspecified atom stereocenters. The molecule has 0 saturated carbocycles. The number of rotatable bonds is 5. The SMILES string of the molecule is O=C(Nc1nc2ccc(F)cc2s1)c1ccccc1COc1ccccc1. The highest BCUT2D eigenvalue weighted by molar-refractivity contribution is 7.22. The molecule has 0 atom stereocenters. The van der Waals surface area contributed by atoms with Gasteiger partial charge in [0.1, 0.15) is 18.2 Å². The van der Waals surface area contributed by atoms with Crippen LogP contribution in [0.25, 0.3) is 10.2 Å². The predicted octanol–water partition coefficient (Wildman–Crippen LogP) is 5.27. The number of carbonyl (C=O) groups excluding carboxylic acids is 1. The molecule has 4 aromatic rings. The first-order chi connectivity index (χ1) is 13.2. The molecule has 0 saturated heterocycles. The molecule has 3 aromatic carbocycles. The van der Waals surface area contributed by atoms with Gasteiger partial charge in [-0.3, -0.25) is 10.1 Å². The Hall–Kier alpha value is -3.25. The van der Waals surface area contributed by atoms with E-state index in [0.29, 0.717) is 20.9 Å². The molecule has 4 nitrogen and oxygen atoms in total. The summed E-state index contributed by atoms with van der Waals surface area (Å²) < 4.78 is 19.8. The lowest BCUT2D eigenvalue weighted by atomic mass is 10.1. The lowest BCUT2D eigenvalue weighted by molar-refractivity contribution is 0.102. The molecule has 0 spiro atoms. The van der Waals surface area contributed by atoms with E-state index in [9.17, 15) is 9.18 Å². The highest BCUT2D eigenvalue weighted by Gasteiger charge is 2.14. The summed E-state index contributed by atoms with van der Waals surface area (Å²) >= 11 is 1.24. The summed E-state index contributed by atoms with van der Waals surface area (Å²) in [6, 6.07) is 21.0. The maximum absolute atomic E-state index is 13.3. The van der Waals surface area contributed by atoms with E-state index in [1.54, 1.807) is 18.2 Å². The van der Waals surface area contributed by atoms with Crippen LogP contribution in [0.4, 0.5) is 9.52 Å². The zero-order chi connectivity index (χ0) is 18.6. The molecular formula is C21H15FN2O2S. The third-order valence-corrected chi connectivity index (χ3v) is 4.90. The highest BCUT2D eigenvalue weighted by atomic mass is 32.1. The van der Waals surface area contributed by atoms with E-state index in [1.807, 2.05) is 42.5 Å². The van der Waals surface area contributed by atoms with Gasteiger partial charge in [0, 0.05) is 11.1 Å². The number of fused-ring (bicyclic) bond motifs is 1. The Labute approximate surface area is 159 Å². The van der Waals surface area contributed by atoms with Gasteiger partial charge >= 0.3 is 0 Å². The zero-order valence-corrected chi connectivity index (χ0v) is 15.0. The van der Waals surface area contributed by atoms with E-state index in [-0.39, 0.29) is 18.3 Å². The number of thiazole rings is 1. The molecule has 0 aliphatic carbocycles. The number of aromatic nitrogens is 1. The molecular weight excluding hydrogens is 363 g/mol. The number of amides is 1. The first kappa shape index (κ1) is 17.2. The van der Waals surface area contributed by atoms with Crippen LogP contribution in [-0.2, 0) is 6.61 Å². The van der Waals surface area contributed by atoms with Crippen molar-refractivity contribution in [2.45, 2.75) is 6.61 Å². The van der Waals surface area contributed by atoms with Crippen LogP contribution in [0.3, 0.4) is 0 Å². The Balaban J connectivity index is 1.52. The molecule has 0 bridgehead atoms. The van der Waals surface area contributed by atoms with Gasteiger partial charge in [-0.15, -0.1) is 0 Å². The van der Waals surface area contributed by atoms with Gasteiger partial charge in [-0.2, -0.15) is 0 Å². The van der Waals surface area contributed by atoms with Gasteiger partial charge in [0.25, 0.3) is 5.91 Å². The number of anilines is 1. The molecule has 4 rings (SSSR count). The van der Waals surface area contributed by atoms with Crippen LogP contribution in [0.2, 0.25) is 0 Å². The van der Waals surface area contributed by atoms with E-state index in [1.165, 1.54) is 23.5 Å². The van der Waals surface area contributed by atoms with Crippen LogP contribution in [0, 0.1) is 5.82 Å². The summed E-state index contributed by atoms with van der Waals surface area (Å²) in [6.45, 7) is 0.276. The molecule has 1 aromatic heterocycles. The molecule has 1 N–H and O–H groups in total. The van der Waals surface area contributed by atoms with Gasteiger partial charge in [0.2, 0.25) is 0 Å². The Morgan fingerprint density at radius 1 is 1.04 bits per heavy atom. The van der Waals surface area contributed by atoms with Gasteiger partial charge in [0.15, 0.2) is 5.13 Å². The Kier molecular flexibility index (Phi) is 4.80. The van der Waals surface area contributed by atoms with Crippen molar-refractivity contribution in [3.63, 3.8) is 0 Å². The molecule has 134 valence electrons. The minimum absolute atomic E-state index is 0.276. The second-order valence-electron chi connectivity index (χ2n) is 5.84. The van der Waals surface area contributed by atoms with Crippen LogP contribution < -0.4 is 10.1 Å². The van der Waals surface area contributed by atoms with Crippen LogP contribution >= 0.6 is 11.3 Å². The normalized spacial score (nSPS) is 10.7. The molecule has 0 radical (unpaired) electrons. The highest BCUT2D eigenvalue weighted by Crippen LogP contribution is 2.27. The second-order valence-corrected chi connectivity index (χ2v) is 6.87. The quantitative estimate of drug-likeness (QED) is 0.515. The fourth-order valence-electron chi connectivity index (χ4n) is 2.66. The van der Waals surface area contributed by atoms with E-state index in [4.69, 9.17) is 4.74 Å². The summed E-state index contributed by atoms with van der Waals surface area (Å²) in [5.41, 5.74) is 1.93. The fourth-order valence-corrected chi connectivity index (χ4v) is 3.55. The van der Waals surface area contributed by atoms with Crippen molar-refractivity contribution in [3.8, 4) is 5.75 Å².